The van der Waals surface area contributed by atoms with Crippen LogP contribution in [0.3, 0.4) is 0 Å². The van der Waals surface area contributed by atoms with E-state index in [4.69, 9.17) is 11.6 Å². The number of halogens is 2. The van der Waals surface area contributed by atoms with Crippen LogP contribution in [0.1, 0.15) is 11.1 Å². The van der Waals surface area contributed by atoms with Crippen molar-refractivity contribution in [2.75, 3.05) is 52.2 Å². The van der Waals surface area contributed by atoms with Crippen molar-refractivity contribution in [3.63, 3.8) is 0 Å². The summed E-state index contributed by atoms with van der Waals surface area (Å²) in [4.78, 5) is 15.9. The molecule has 1 aromatic carbocycles. The number of hydrogen-bond acceptors (Lipinski definition) is 4. The molecule has 1 aliphatic rings. The lowest BCUT2D eigenvalue weighted by atomic mass is 10.2. The number of piperazine rings is 1. The number of nitrogens with zero attached hydrogens (tertiary/aromatic N) is 5. The molecule has 2 heterocycles. The molecule has 0 amide bonds. The smallest absolute Gasteiger partial charge is 0.193 e. The van der Waals surface area contributed by atoms with Crippen molar-refractivity contribution in [3.05, 3.63) is 58.7 Å². The van der Waals surface area contributed by atoms with E-state index in [0.717, 1.165) is 49.5 Å². The average Bonchev–Trinajstić information content (AvgIpc) is 2.71. The second kappa shape index (κ2) is 11.6. The third-order valence-electron chi connectivity index (χ3n) is 5.01. The van der Waals surface area contributed by atoms with E-state index in [2.05, 4.69) is 43.1 Å². The maximum absolute atomic E-state index is 5.98. The minimum absolute atomic E-state index is 0. The first-order valence-electron chi connectivity index (χ1n) is 9.60. The predicted molar refractivity (Wildman–Crippen MR) is 132 cm³/mol. The predicted octanol–water partition coefficient (Wildman–Crippen LogP) is 3.31. The molecule has 1 N–H and O–H groups in total. The van der Waals surface area contributed by atoms with Gasteiger partial charge in [0.2, 0.25) is 0 Å². The number of nitrogens with one attached hydrogen (secondary N) is 1. The highest BCUT2D eigenvalue weighted by Gasteiger charge is 2.18. The van der Waals surface area contributed by atoms with Gasteiger partial charge in [-0.15, -0.1) is 24.0 Å². The molecule has 0 atom stereocenters. The average molecular weight is 529 g/mol. The van der Waals surface area contributed by atoms with Gasteiger partial charge in [-0.3, -0.25) is 4.99 Å². The lowest BCUT2D eigenvalue weighted by molar-refractivity contribution is 0.311. The van der Waals surface area contributed by atoms with E-state index in [-0.39, 0.29) is 24.0 Å². The third kappa shape index (κ3) is 6.72. The molecule has 0 unspecified atom stereocenters. The Morgan fingerprint density at radius 3 is 2.52 bits per heavy atom. The van der Waals surface area contributed by atoms with Crippen molar-refractivity contribution in [3.8, 4) is 0 Å². The summed E-state index contributed by atoms with van der Waals surface area (Å²) >= 11 is 5.98. The molecule has 2 aromatic rings. The zero-order valence-corrected chi connectivity index (χ0v) is 20.4. The summed E-state index contributed by atoms with van der Waals surface area (Å²) < 4.78 is 0. The van der Waals surface area contributed by atoms with Gasteiger partial charge < -0.3 is 20.0 Å². The first-order valence-corrected chi connectivity index (χ1v) is 9.98. The fourth-order valence-electron chi connectivity index (χ4n) is 3.37. The van der Waals surface area contributed by atoms with Crippen LogP contribution >= 0.6 is 35.6 Å². The molecule has 29 heavy (non-hydrogen) atoms. The normalized spacial score (nSPS) is 15.0. The summed E-state index contributed by atoms with van der Waals surface area (Å²) in [6, 6.07) is 12.0. The van der Waals surface area contributed by atoms with E-state index < -0.39 is 0 Å². The number of hydrogen-bond donors (Lipinski definition) is 1. The highest BCUT2D eigenvalue weighted by atomic mass is 127. The van der Waals surface area contributed by atoms with Gasteiger partial charge >= 0.3 is 0 Å². The molecule has 6 nitrogen and oxygen atoms in total. The molecule has 0 saturated carbocycles. The Balaban J connectivity index is 0.00000300. The number of pyridine rings is 1. The molecule has 0 aliphatic carbocycles. The molecule has 0 radical (unpaired) electrons. The van der Waals surface area contributed by atoms with Crippen LogP contribution in [-0.2, 0) is 13.1 Å². The number of aliphatic imine (C=N–C) groups is 1. The summed E-state index contributed by atoms with van der Waals surface area (Å²) in [5.74, 6) is 1.92. The van der Waals surface area contributed by atoms with Crippen LogP contribution in [0.2, 0.25) is 5.02 Å². The fraction of sp³-hybridized carbons (Fsp3) is 0.429. The van der Waals surface area contributed by atoms with Gasteiger partial charge in [0, 0.05) is 70.1 Å². The van der Waals surface area contributed by atoms with Crippen LogP contribution < -0.4 is 10.2 Å². The van der Waals surface area contributed by atoms with E-state index in [1.54, 1.807) is 0 Å². The molecule has 0 spiro atoms. The van der Waals surface area contributed by atoms with Gasteiger partial charge in [0.15, 0.2) is 5.96 Å². The van der Waals surface area contributed by atoms with Crippen molar-refractivity contribution in [2.45, 2.75) is 13.1 Å². The molecule has 1 aliphatic heterocycles. The molecular formula is C21H30ClIN6. The number of guanidine groups is 1. The Morgan fingerprint density at radius 1 is 1.17 bits per heavy atom. The van der Waals surface area contributed by atoms with Gasteiger partial charge in [0.25, 0.3) is 0 Å². The third-order valence-corrected chi connectivity index (χ3v) is 5.27. The minimum atomic E-state index is 0. The van der Waals surface area contributed by atoms with Crippen molar-refractivity contribution in [2.24, 2.45) is 4.99 Å². The van der Waals surface area contributed by atoms with Crippen molar-refractivity contribution < 1.29 is 0 Å². The highest BCUT2D eigenvalue weighted by Crippen LogP contribution is 2.19. The number of aromatic nitrogens is 1. The SMILES string of the molecule is CN=C(NCc1cccnc1N1CCN(C)CC1)N(C)Cc1ccc(Cl)cc1.I. The van der Waals surface area contributed by atoms with Crippen LogP contribution in [0.5, 0.6) is 0 Å². The number of anilines is 1. The first kappa shape index (κ1) is 23.7. The van der Waals surface area contributed by atoms with Gasteiger partial charge in [-0.25, -0.2) is 4.98 Å². The van der Waals surface area contributed by atoms with Gasteiger partial charge in [0.05, 0.1) is 0 Å². The maximum atomic E-state index is 5.98. The summed E-state index contributed by atoms with van der Waals surface area (Å²) in [5, 5.41) is 4.23. The molecule has 3 rings (SSSR count). The number of likely N-dealkylation sites (N-methyl/N-ethyl adjacent to an activating group) is 1. The van der Waals surface area contributed by atoms with Crippen LogP contribution in [0.4, 0.5) is 5.82 Å². The van der Waals surface area contributed by atoms with Gasteiger partial charge in [-0.2, -0.15) is 0 Å². The molecule has 1 fully saturated rings. The largest absolute Gasteiger partial charge is 0.354 e. The van der Waals surface area contributed by atoms with Crippen molar-refractivity contribution in [1.29, 1.82) is 0 Å². The first-order chi connectivity index (χ1) is 13.6. The zero-order chi connectivity index (χ0) is 19.9. The summed E-state index contributed by atoms with van der Waals surface area (Å²) in [6.45, 7) is 5.59. The maximum Gasteiger partial charge on any atom is 0.193 e. The second-order valence-corrected chi connectivity index (χ2v) is 7.60. The Labute approximate surface area is 196 Å². The number of benzene rings is 1. The lowest BCUT2D eigenvalue weighted by Gasteiger charge is -2.34. The Kier molecular flexibility index (Phi) is 9.45. The van der Waals surface area contributed by atoms with E-state index in [1.807, 2.05) is 50.6 Å². The lowest BCUT2D eigenvalue weighted by Crippen LogP contribution is -2.45. The molecule has 8 heteroatoms. The Morgan fingerprint density at radius 2 is 1.86 bits per heavy atom. The van der Waals surface area contributed by atoms with Gasteiger partial charge in [-0.1, -0.05) is 29.8 Å². The molecule has 1 aromatic heterocycles. The highest BCUT2D eigenvalue weighted by molar-refractivity contribution is 14.0. The van der Waals surface area contributed by atoms with Gasteiger partial charge in [-0.05, 0) is 30.8 Å². The fourth-order valence-corrected chi connectivity index (χ4v) is 3.49. The zero-order valence-electron chi connectivity index (χ0n) is 17.3. The van der Waals surface area contributed by atoms with E-state index in [9.17, 15) is 0 Å². The Bertz CT molecular complexity index is 790. The quantitative estimate of drug-likeness (QED) is 0.367. The standard InChI is InChI=1S/C21H29ClN6.HI/c1-23-21(27(3)16-17-6-8-19(22)9-7-17)25-15-18-5-4-10-24-20(18)28-13-11-26(2)12-14-28;/h4-10H,11-16H2,1-3H3,(H,23,25);1H. The summed E-state index contributed by atoms with van der Waals surface area (Å²) in [7, 11) is 6.01. The van der Waals surface area contributed by atoms with E-state index in [1.165, 1.54) is 11.1 Å². The van der Waals surface area contributed by atoms with Crippen LogP contribution in [-0.4, -0.2) is 68.1 Å². The van der Waals surface area contributed by atoms with Crippen LogP contribution in [0.25, 0.3) is 0 Å². The van der Waals surface area contributed by atoms with E-state index >= 15 is 0 Å². The number of rotatable bonds is 5. The van der Waals surface area contributed by atoms with Crippen molar-refractivity contribution in [1.82, 2.24) is 20.1 Å². The second-order valence-electron chi connectivity index (χ2n) is 7.16. The van der Waals surface area contributed by atoms with Crippen molar-refractivity contribution >= 4 is 47.4 Å². The summed E-state index contributed by atoms with van der Waals surface area (Å²) in [5.41, 5.74) is 2.38. The topological polar surface area (TPSA) is 47.0 Å². The van der Waals surface area contributed by atoms with Gasteiger partial charge in [0.1, 0.15) is 5.82 Å². The molecule has 0 bridgehead atoms. The van der Waals surface area contributed by atoms with E-state index in [0.29, 0.717) is 6.54 Å². The Hall–Kier alpha value is -1.58. The monoisotopic (exact) mass is 528 g/mol. The minimum Gasteiger partial charge on any atom is -0.354 e. The van der Waals surface area contributed by atoms with Crippen LogP contribution in [0, 0.1) is 0 Å². The summed E-state index contributed by atoms with van der Waals surface area (Å²) in [6.07, 6.45) is 1.87. The van der Waals surface area contributed by atoms with Crippen LogP contribution in [0.15, 0.2) is 47.6 Å². The molecule has 158 valence electrons. The molecule has 1 saturated heterocycles. The molecular weight excluding hydrogens is 499 g/mol.